The summed E-state index contributed by atoms with van der Waals surface area (Å²) in [5.74, 6) is -1.45. The fourth-order valence-corrected chi connectivity index (χ4v) is 5.37. The molecule has 0 saturated heterocycles. The van der Waals surface area contributed by atoms with Crippen molar-refractivity contribution in [1.29, 1.82) is 0 Å². The van der Waals surface area contributed by atoms with Crippen molar-refractivity contribution in [3.8, 4) is 17.2 Å². The molecule has 2 bridgehead atoms. The second-order valence-electron chi connectivity index (χ2n) is 9.92. The van der Waals surface area contributed by atoms with Gasteiger partial charge in [-0.25, -0.2) is 4.98 Å². The lowest BCUT2D eigenvalue weighted by Gasteiger charge is -2.38. The van der Waals surface area contributed by atoms with Gasteiger partial charge in [0, 0.05) is 46.2 Å². The number of nitrogens with one attached hydrogen (secondary N) is 1. The van der Waals surface area contributed by atoms with E-state index in [-0.39, 0.29) is 36.9 Å². The molecule has 3 aliphatic heterocycles. The summed E-state index contributed by atoms with van der Waals surface area (Å²) in [6, 6.07) is 4.89. The number of amides is 3. The molecule has 2 N–H and O–H groups in total. The van der Waals surface area contributed by atoms with E-state index in [0.717, 1.165) is 12.0 Å². The molecule has 196 valence electrons. The predicted molar refractivity (Wildman–Crippen MR) is 129 cm³/mol. The maximum atomic E-state index is 13.1. The van der Waals surface area contributed by atoms with Crippen LogP contribution in [0.25, 0.3) is 0 Å². The SMILES string of the molecule is CN(C)C(=O)C(=O)N(C)C1CC2CCC1c1nc(C(=O)NCc3ccc4c(c3)OCO4)c(O)c(=O)n1C2. The van der Waals surface area contributed by atoms with Crippen LogP contribution in [0.1, 0.15) is 47.1 Å². The van der Waals surface area contributed by atoms with Crippen LogP contribution >= 0.6 is 0 Å². The molecule has 4 heterocycles. The molecule has 0 radical (unpaired) electrons. The van der Waals surface area contributed by atoms with Crippen LogP contribution in [0.4, 0.5) is 0 Å². The molecule has 1 saturated carbocycles. The monoisotopic (exact) mass is 511 g/mol. The predicted octanol–water partition coefficient (Wildman–Crippen LogP) is 0.420. The normalized spacial score (nSPS) is 21.1. The second-order valence-corrected chi connectivity index (χ2v) is 9.92. The Hall–Kier alpha value is -4.09. The van der Waals surface area contributed by atoms with Gasteiger partial charge in [-0.15, -0.1) is 0 Å². The molecule has 3 unspecified atom stereocenters. The molecule has 1 aromatic carbocycles. The summed E-state index contributed by atoms with van der Waals surface area (Å²) < 4.78 is 12.1. The van der Waals surface area contributed by atoms with Gasteiger partial charge in [0.2, 0.25) is 12.5 Å². The van der Waals surface area contributed by atoms with E-state index in [2.05, 4.69) is 10.3 Å². The molecule has 2 aromatic rings. The first-order valence-corrected chi connectivity index (χ1v) is 12.1. The summed E-state index contributed by atoms with van der Waals surface area (Å²) in [5, 5.41) is 13.3. The number of aromatic nitrogens is 2. The average Bonchev–Trinajstić information content (AvgIpc) is 3.22. The van der Waals surface area contributed by atoms with E-state index in [4.69, 9.17) is 9.47 Å². The lowest BCUT2D eigenvalue weighted by Crippen LogP contribution is -2.49. The summed E-state index contributed by atoms with van der Waals surface area (Å²) >= 11 is 0. The largest absolute Gasteiger partial charge is 0.501 e. The Morgan fingerprint density at radius 1 is 1.14 bits per heavy atom. The van der Waals surface area contributed by atoms with Crippen molar-refractivity contribution in [1.82, 2.24) is 24.7 Å². The van der Waals surface area contributed by atoms with E-state index in [1.165, 1.54) is 28.5 Å². The van der Waals surface area contributed by atoms with Gasteiger partial charge < -0.3 is 29.7 Å². The lowest BCUT2D eigenvalue weighted by molar-refractivity contribution is -0.151. The zero-order chi connectivity index (χ0) is 26.4. The maximum Gasteiger partial charge on any atom is 0.312 e. The molecule has 3 atom stereocenters. The Balaban J connectivity index is 1.42. The van der Waals surface area contributed by atoms with Gasteiger partial charge in [0.25, 0.3) is 11.5 Å². The van der Waals surface area contributed by atoms with Crippen LogP contribution < -0.4 is 20.3 Å². The number of rotatable bonds is 4. The number of hydrogen-bond donors (Lipinski definition) is 2. The van der Waals surface area contributed by atoms with E-state index in [1.54, 1.807) is 25.2 Å². The fourth-order valence-electron chi connectivity index (χ4n) is 5.37. The van der Waals surface area contributed by atoms with E-state index in [9.17, 15) is 24.3 Å². The van der Waals surface area contributed by atoms with Crippen molar-refractivity contribution < 1.29 is 29.0 Å². The maximum absolute atomic E-state index is 13.1. The standard InChI is InChI=1S/C25H29N5O7/c1-28(2)24(34)25(35)29(3)16-8-14-4-6-15(16)21-27-19(20(31)23(33)30(21)11-14)22(32)26-10-13-5-7-17-18(9-13)37-12-36-17/h5,7,9,14-16,31H,4,6,8,10-12H2,1-3H3,(H,26,32). The Morgan fingerprint density at radius 3 is 2.65 bits per heavy atom. The fraction of sp³-hybridized carbons (Fsp3) is 0.480. The van der Waals surface area contributed by atoms with Crippen molar-refractivity contribution >= 4 is 17.7 Å². The van der Waals surface area contributed by atoms with Crippen LogP contribution in [-0.4, -0.2) is 76.2 Å². The number of benzene rings is 1. The second kappa shape index (κ2) is 9.41. The molecule has 1 aromatic heterocycles. The van der Waals surface area contributed by atoms with Crippen molar-refractivity contribution in [3.63, 3.8) is 0 Å². The smallest absolute Gasteiger partial charge is 0.312 e. The first-order chi connectivity index (χ1) is 17.7. The Kier molecular flexibility index (Phi) is 6.26. The van der Waals surface area contributed by atoms with E-state index in [1.807, 2.05) is 0 Å². The Bertz CT molecular complexity index is 1340. The molecule has 12 nitrogen and oxygen atoms in total. The first kappa shape index (κ1) is 24.6. The molecule has 6 rings (SSSR count). The third-order valence-electron chi connectivity index (χ3n) is 7.38. The highest BCUT2D eigenvalue weighted by Crippen LogP contribution is 2.42. The van der Waals surface area contributed by atoms with Crippen LogP contribution in [-0.2, 0) is 22.7 Å². The molecule has 4 aliphatic rings. The zero-order valence-corrected chi connectivity index (χ0v) is 20.9. The number of ether oxygens (including phenoxy) is 2. The van der Waals surface area contributed by atoms with Crippen LogP contribution in [0.2, 0.25) is 0 Å². The minimum atomic E-state index is -0.711. The quantitative estimate of drug-likeness (QED) is 0.563. The highest BCUT2D eigenvalue weighted by molar-refractivity contribution is 6.34. The van der Waals surface area contributed by atoms with Crippen LogP contribution in [0.3, 0.4) is 0 Å². The van der Waals surface area contributed by atoms with E-state index in [0.29, 0.717) is 36.7 Å². The summed E-state index contributed by atoms with van der Waals surface area (Å²) in [4.78, 5) is 58.4. The highest BCUT2D eigenvalue weighted by Gasteiger charge is 2.43. The van der Waals surface area contributed by atoms with Crippen molar-refractivity contribution in [2.24, 2.45) is 5.92 Å². The molecular weight excluding hydrogens is 482 g/mol. The molecular formula is C25H29N5O7. The number of carbonyl (C=O) groups is 3. The van der Waals surface area contributed by atoms with Gasteiger partial charge in [0.05, 0.1) is 0 Å². The number of nitrogens with zero attached hydrogens (tertiary/aromatic N) is 4. The molecule has 1 fully saturated rings. The third-order valence-corrected chi connectivity index (χ3v) is 7.38. The van der Waals surface area contributed by atoms with Gasteiger partial charge in [-0.1, -0.05) is 6.07 Å². The van der Waals surface area contributed by atoms with Gasteiger partial charge >= 0.3 is 11.8 Å². The van der Waals surface area contributed by atoms with Crippen molar-refractivity contribution in [3.05, 3.63) is 45.6 Å². The van der Waals surface area contributed by atoms with Gasteiger partial charge in [-0.2, -0.15) is 0 Å². The number of fused-ring (bicyclic) bond motifs is 3. The highest BCUT2D eigenvalue weighted by atomic mass is 16.7. The minimum absolute atomic E-state index is 0.0665. The number of hydrogen-bond acceptors (Lipinski definition) is 8. The summed E-state index contributed by atoms with van der Waals surface area (Å²) in [7, 11) is 4.61. The van der Waals surface area contributed by atoms with Crippen molar-refractivity contribution in [2.75, 3.05) is 27.9 Å². The number of likely N-dealkylation sites (N-methyl/N-ethyl adjacent to an activating group) is 2. The first-order valence-electron chi connectivity index (χ1n) is 12.1. The summed E-state index contributed by atoms with van der Waals surface area (Å²) in [6.07, 6.45) is 2.03. The number of aromatic hydroxyl groups is 1. The van der Waals surface area contributed by atoms with Crippen LogP contribution in [0.15, 0.2) is 23.0 Å². The third kappa shape index (κ3) is 4.36. The van der Waals surface area contributed by atoms with Gasteiger partial charge in [0.15, 0.2) is 17.2 Å². The molecule has 12 heteroatoms. The van der Waals surface area contributed by atoms with E-state index < -0.39 is 29.0 Å². The van der Waals surface area contributed by atoms with Crippen LogP contribution in [0.5, 0.6) is 17.2 Å². The summed E-state index contributed by atoms with van der Waals surface area (Å²) in [6.45, 7) is 0.576. The minimum Gasteiger partial charge on any atom is -0.501 e. The summed E-state index contributed by atoms with van der Waals surface area (Å²) in [5.41, 5.74) is -0.304. The average molecular weight is 512 g/mol. The van der Waals surface area contributed by atoms with Gasteiger partial charge in [-0.3, -0.25) is 23.7 Å². The molecule has 3 amide bonds. The number of carbonyl (C=O) groups excluding carboxylic acids is 3. The lowest BCUT2D eigenvalue weighted by atomic mass is 9.78. The van der Waals surface area contributed by atoms with E-state index >= 15 is 0 Å². The zero-order valence-electron chi connectivity index (χ0n) is 20.9. The molecule has 0 spiro atoms. The van der Waals surface area contributed by atoms with Crippen molar-refractivity contribution in [2.45, 2.75) is 44.3 Å². The molecule has 1 aliphatic carbocycles. The van der Waals surface area contributed by atoms with Gasteiger partial charge in [0.1, 0.15) is 5.82 Å². The van der Waals surface area contributed by atoms with Crippen LogP contribution in [0, 0.1) is 5.92 Å². The topological polar surface area (TPSA) is 143 Å². The Labute approximate surface area is 212 Å². The molecule has 37 heavy (non-hydrogen) atoms. The van der Waals surface area contributed by atoms with Gasteiger partial charge in [-0.05, 0) is 42.9 Å². The Morgan fingerprint density at radius 2 is 1.89 bits per heavy atom.